The summed E-state index contributed by atoms with van der Waals surface area (Å²) in [6, 6.07) is 8.69. The number of nitrogens with two attached hydrogens (primary N) is 1. The number of rotatable bonds is 5. The number of thiazole rings is 1. The maximum absolute atomic E-state index is 6.25. The zero-order chi connectivity index (χ0) is 13.9. The van der Waals surface area contributed by atoms with Crippen molar-refractivity contribution in [2.75, 3.05) is 0 Å². The molecular formula is C16H19N3S. The maximum atomic E-state index is 6.25. The van der Waals surface area contributed by atoms with E-state index in [0.29, 0.717) is 0 Å². The molecule has 4 heteroatoms. The van der Waals surface area contributed by atoms with Gasteiger partial charge in [0.1, 0.15) is 0 Å². The SMILES string of the molecule is Cc1ccccc1CCC(N)Cc1cn2ccsc2n1. The summed E-state index contributed by atoms with van der Waals surface area (Å²) in [6.07, 6.45) is 7.00. The third-order valence-corrected chi connectivity index (χ3v) is 4.43. The second-order valence-electron chi connectivity index (χ2n) is 5.25. The van der Waals surface area contributed by atoms with Crippen molar-refractivity contribution in [2.24, 2.45) is 5.73 Å². The number of aryl methyl sites for hydroxylation is 2. The molecule has 1 atom stereocenters. The summed E-state index contributed by atoms with van der Waals surface area (Å²) in [5, 5.41) is 2.05. The van der Waals surface area contributed by atoms with Crippen LogP contribution >= 0.6 is 11.3 Å². The van der Waals surface area contributed by atoms with E-state index in [1.165, 1.54) is 11.1 Å². The molecule has 3 rings (SSSR count). The molecule has 0 aliphatic carbocycles. The van der Waals surface area contributed by atoms with Crippen molar-refractivity contribution in [1.82, 2.24) is 9.38 Å². The Balaban J connectivity index is 1.58. The van der Waals surface area contributed by atoms with E-state index in [1.54, 1.807) is 11.3 Å². The lowest BCUT2D eigenvalue weighted by Crippen LogP contribution is -2.23. The highest BCUT2D eigenvalue weighted by molar-refractivity contribution is 7.15. The van der Waals surface area contributed by atoms with E-state index in [4.69, 9.17) is 5.73 Å². The van der Waals surface area contributed by atoms with Crippen molar-refractivity contribution in [3.05, 3.63) is 58.9 Å². The smallest absolute Gasteiger partial charge is 0.193 e. The Morgan fingerprint density at radius 3 is 3.00 bits per heavy atom. The van der Waals surface area contributed by atoms with E-state index < -0.39 is 0 Å². The lowest BCUT2D eigenvalue weighted by atomic mass is 9.99. The van der Waals surface area contributed by atoms with Gasteiger partial charge in [-0.1, -0.05) is 24.3 Å². The van der Waals surface area contributed by atoms with E-state index in [-0.39, 0.29) is 6.04 Å². The minimum absolute atomic E-state index is 0.166. The molecule has 3 aromatic rings. The zero-order valence-corrected chi connectivity index (χ0v) is 12.4. The van der Waals surface area contributed by atoms with Crippen LogP contribution in [-0.2, 0) is 12.8 Å². The first kappa shape index (κ1) is 13.3. The summed E-state index contributed by atoms with van der Waals surface area (Å²) in [7, 11) is 0. The first-order chi connectivity index (χ1) is 9.72. The molecule has 0 aliphatic heterocycles. The Bertz CT molecular complexity index is 670. The molecule has 20 heavy (non-hydrogen) atoms. The predicted octanol–water partition coefficient (Wildman–Crippen LogP) is 3.21. The van der Waals surface area contributed by atoms with Gasteiger partial charge >= 0.3 is 0 Å². The number of imidazole rings is 1. The van der Waals surface area contributed by atoms with Crippen molar-refractivity contribution in [3.8, 4) is 0 Å². The second-order valence-corrected chi connectivity index (χ2v) is 6.13. The van der Waals surface area contributed by atoms with Gasteiger partial charge in [-0.3, -0.25) is 4.40 Å². The Morgan fingerprint density at radius 1 is 1.35 bits per heavy atom. The summed E-state index contributed by atoms with van der Waals surface area (Å²) in [6.45, 7) is 2.16. The van der Waals surface area contributed by atoms with Gasteiger partial charge in [0.25, 0.3) is 0 Å². The van der Waals surface area contributed by atoms with Crippen molar-refractivity contribution < 1.29 is 0 Å². The van der Waals surface area contributed by atoms with Crippen LogP contribution in [-0.4, -0.2) is 15.4 Å². The Hall–Kier alpha value is -1.65. The van der Waals surface area contributed by atoms with Crippen molar-refractivity contribution >= 4 is 16.3 Å². The minimum atomic E-state index is 0.166. The molecule has 0 fully saturated rings. The van der Waals surface area contributed by atoms with Gasteiger partial charge in [0.2, 0.25) is 0 Å². The lowest BCUT2D eigenvalue weighted by Gasteiger charge is -2.11. The largest absolute Gasteiger partial charge is 0.327 e. The topological polar surface area (TPSA) is 43.3 Å². The number of hydrogen-bond acceptors (Lipinski definition) is 3. The fraction of sp³-hybridized carbons (Fsp3) is 0.312. The van der Waals surface area contributed by atoms with Crippen molar-refractivity contribution in [3.63, 3.8) is 0 Å². The molecule has 0 aliphatic rings. The minimum Gasteiger partial charge on any atom is -0.327 e. The first-order valence-electron chi connectivity index (χ1n) is 6.93. The van der Waals surface area contributed by atoms with Crippen LogP contribution in [0.5, 0.6) is 0 Å². The molecule has 104 valence electrons. The molecule has 0 amide bonds. The maximum Gasteiger partial charge on any atom is 0.193 e. The summed E-state index contributed by atoms with van der Waals surface area (Å²) in [4.78, 5) is 5.63. The molecular weight excluding hydrogens is 266 g/mol. The number of aromatic nitrogens is 2. The van der Waals surface area contributed by atoms with Gasteiger partial charge in [-0.25, -0.2) is 4.98 Å². The van der Waals surface area contributed by atoms with Gasteiger partial charge < -0.3 is 5.73 Å². The standard InChI is InChI=1S/C16H19N3S/c1-12-4-2-3-5-13(12)6-7-14(17)10-15-11-19-8-9-20-16(19)18-15/h2-5,8-9,11,14H,6-7,10,17H2,1H3. The van der Waals surface area contributed by atoms with Gasteiger partial charge in [-0.15, -0.1) is 11.3 Å². The third-order valence-electron chi connectivity index (χ3n) is 3.66. The normalized spacial score (nSPS) is 12.9. The quantitative estimate of drug-likeness (QED) is 0.782. The van der Waals surface area contributed by atoms with Gasteiger partial charge in [-0.05, 0) is 30.9 Å². The van der Waals surface area contributed by atoms with Gasteiger partial charge in [0, 0.05) is 30.2 Å². The van der Waals surface area contributed by atoms with Crippen LogP contribution in [0.1, 0.15) is 23.2 Å². The predicted molar refractivity (Wildman–Crippen MR) is 84.2 cm³/mol. The Kier molecular flexibility index (Phi) is 3.85. The van der Waals surface area contributed by atoms with E-state index >= 15 is 0 Å². The molecule has 0 radical (unpaired) electrons. The molecule has 2 heterocycles. The molecule has 1 aromatic carbocycles. The lowest BCUT2D eigenvalue weighted by molar-refractivity contribution is 0.603. The van der Waals surface area contributed by atoms with Crippen LogP contribution in [0.2, 0.25) is 0 Å². The van der Waals surface area contributed by atoms with Crippen molar-refractivity contribution in [2.45, 2.75) is 32.2 Å². The fourth-order valence-electron chi connectivity index (χ4n) is 2.48. The first-order valence-corrected chi connectivity index (χ1v) is 7.81. The number of benzene rings is 1. The van der Waals surface area contributed by atoms with Crippen LogP contribution < -0.4 is 5.73 Å². The van der Waals surface area contributed by atoms with Gasteiger partial charge in [0.15, 0.2) is 4.96 Å². The molecule has 0 bridgehead atoms. The summed E-state index contributed by atoms with van der Waals surface area (Å²) >= 11 is 1.66. The monoisotopic (exact) mass is 285 g/mol. The van der Waals surface area contributed by atoms with Crippen LogP contribution in [0.4, 0.5) is 0 Å². The van der Waals surface area contributed by atoms with E-state index in [2.05, 4.69) is 46.8 Å². The highest BCUT2D eigenvalue weighted by Crippen LogP contribution is 2.15. The summed E-state index contributed by atoms with van der Waals surface area (Å²) in [5.74, 6) is 0. The van der Waals surface area contributed by atoms with Gasteiger partial charge in [0.05, 0.1) is 5.69 Å². The average Bonchev–Trinajstić information content (AvgIpc) is 2.98. The number of hydrogen-bond donors (Lipinski definition) is 1. The van der Waals surface area contributed by atoms with Crippen molar-refractivity contribution in [1.29, 1.82) is 0 Å². The molecule has 0 saturated carbocycles. The Labute approximate surface area is 123 Å². The molecule has 1 unspecified atom stereocenters. The van der Waals surface area contributed by atoms with Gasteiger partial charge in [-0.2, -0.15) is 0 Å². The highest BCUT2D eigenvalue weighted by Gasteiger charge is 2.09. The average molecular weight is 285 g/mol. The highest BCUT2D eigenvalue weighted by atomic mass is 32.1. The Morgan fingerprint density at radius 2 is 2.20 bits per heavy atom. The molecule has 2 aromatic heterocycles. The van der Waals surface area contributed by atoms with E-state index in [1.807, 2.05) is 11.6 Å². The number of fused-ring (bicyclic) bond motifs is 1. The van der Waals surface area contributed by atoms with Crippen LogP contribution in [0.3, 0.4) is 0 Å². The van der Waals surface area contributed by atoms with Crippen LogP contribution in [0, 0.1) is 6.92 Å². The van der Waals surface area contributed by atoms with Crippen LogP contribution in [0.25, 0.3) is 4.96 Å². The second kappa shape index (κ2) is 5.77. The third kappa shape index (κ3) is 2.92. The zero-order valence-electron chi connectivity index (χ0n) is 11.6. The molecule has 0 saturated heterocycles. The van der Waals surface area contributed by atoms with E-state index in [9.17, 15) is 0 Å². The summed E-state index contributed by atoms with van der Waals surface area (Å²) < 4.78 is 2.06. The molecule has 3 nitrogen and oxygen atoms in total. The fourth-order valence-corrected chi connectivity index (χ4v) is 3.20. The molecule has 2 N–H and O–H groups in total. The summed E-state index contributed by atoms with van der Waals surface area (Å²) in [5.41, 5.74) is 10.1. The van der Waals surface area contributed by atoms with E-state index in [0.717, 1.165) is 29.9 Å². The van der Waals surface area contributed by atoms with Crippen LogP contribution in [0.15, 0.2) is 42.0 Å². The molecule has 0 spiro atoms. The number of nitrogens with zero attached hydrogens (tertiary/aromatic N) is 2.